The van der Waals surface area contributed by atoms with Crippen LogP contribution in [0.5, 0.6) is 0 Å². The maximum atomic E-state index is 3.57. The highest BCUT2D eigenvalue weighted by molar-refractivity contribution is 9.55. The van der Waals surface area contributed by atoms with Crippen molar-refractivity contribution in [3.05, 3.63) is 0 Å². The Balaban J connectivity index is 10.9. The molecule has 0 amide bonds. The highest BCUT2D eigenvalue weighted by Crippen LogP contribution is 3.49. The van der Waals surface area contributed by atoms with E-state index in [-0.39, 0.29) is 210 Å². The van der Waals surface area contributed by atoms with E-state index < -0.39 is 0 Å². The van der Waals surface area contributed by atoms with Gasteiger partial charge in [-0.05, 0) is 210 Å². The SMILES string of the molecule is PP(P)P(P(P)P)P(P(P(P)P)P(P)P)P(P(P(P(P)P)P(P)P)P(P(P)P)P(P)P)P(P(P(P(P)P)P(P)P)P(P(P)P)P(P)P)P(P(P(P)P)P(P)P)P(P(P)P)P(P)P. The maximum absolute atomic E-state index is 3.57. The molecule has 0 N–H and O–H groups in total. The Bertz CT molecular complexity index is 815. The molecular weight excluding hydrogens is 1920 g/mol. The van der Waals surface area contributed by atoms with Gasteiger partial charge in [0.05, 0.1) is 0 Å². The van der Waals surface area contributed by atoms with E-state index in [9.17, 15) is 0 Å². The fraction of sp³-hybridized carbons (Fsp3) is 0. The zero-order valence-electron chi connectivity index (χ0n) is 31.9. The first kappa shape index (κ1) is 88.7. The third-order valence-electron chi connectivity index (χ3n) is 5.38. The topological polar surface area (TPSA) is 0 Å². The van der Waals surface area contributed by atoms with Crippen molar-refractivity contribution in [2.45, 2.75) is 0 Å². The summed E-state index contributed by atoms with van der Waals surface area (Å²) in [6.45, 7) is -7.37. The zero-order valence-corrected chi connectivity index (χ0v) is 95.7. The second-order valence-electron chi connectivity index (χ2n) is 9.84. The highest BCUT2D eigenvalue weighted by Gasteiger charge is 2.61. The van der Waals surface area contributed by atoms with Crippen molar-refractivity contribution in [3.8, 4) is 0 Å². The first-order valence-corrected chi connectivity index (χ1v) is 127. The van der Waals surface area contributed by atoms with Gasteiger partial charge in [0, 0.05) is 0 Å². The second kappa shape index (κ2) is 48.4. The minimum Gasteiger partial charge on any atom is -0.102 e. The summed E-state index contributed by atoms with van der Waals surface area (Å²) in [5.74, 6) is 0. The van der Waals surface area contributed by atoms with E-state index in [0.29, 0.717) is 0 Å². The predicted octanol–water partition coefficient (Wildman–Crippen LogP) is 36.3. The van der Waals surface area contributed by atoms with Crippen LogP contribution in [0, 0.1) is 0 Å². The van der Waals surface area contributed by atoms with Crippen molar-refractivity contribution < 1.29 is 0 Å². The molecule has 32 atom stereocenters. The Hall–Kier alpha value is 26.7. The molecule has 0 saturated carbocycles. The molecule has 0 aliphatic rings. The molecule has 0 nitrogen and oxygen atoms in total. The summed E-state index contributed by atoms with van der Waals surface area (Å²) >= 11 is 0. The fourth-order valence-electron chi connectivity index (χ4n) is 3.72. The minimum absolute atomic E-state index is 0.207. The molecule has 0 fully saturated rings. The molecule has 62 heavy (non-hydrogen) atoms. The van der Waals surface area contributed by atoms with Gasteiger partial charge in [-0.2, -0.15) is 0 Å². The van der Waals surface area contributed by atoms with Crippen molar-refractivity contribution in [2.75, 3.05) is 0 Å². The molecule has 0 aliphatic heterocycles. The molecule has 0 radical (unpaired) electrons. The summed E-state index contributed by atoms with van der Waals surface area (Å²) in [7, 11) is 114. The Kier molecular flexibility index (Phi) is 69.2. The van der Waals surface area contributed by atoms with Gasteiger partial charge in [0.25, 0.3) is 0 Å². The Morgan fingerprint density at radius 3 is 0.177 bits per heavy atom. The summed E-state index contributed by atoms with van der Waals surface area (Å²) in [4.78, 5) is 0. The molecule has 0 saturated heterocycles. The maximum Gasteiger partial charge on any atom is -0.0000107 e. The van der Waals surface area contributed by atoms with Crippen molar-refractivity contribution in [2.24, 2.45) is 0 Å². The highest BCUT2D eigenvalue weighted by atomic mass is 33.6. The van der Waals surface area contributed by atoms with Gasteiger partial charge in [-0.15, -0.1) is 286 Å². The van der Waals surface area contributed by atoms with E-state index in [2.05, 4.69) is 286 Å². The summed E-state index contributed by atoms with van der Waals surface area (Å²) in [6, 6.07) is 0. The summed E-state index contributed by atoms with van der Waals surface area (Å²) in [5.41, 5.74) is 0. The summed E-state index contributed by atoms with van der Waals surface area (Å²) in [6.07, 6.45) is 0. The van der Waals surface area contributed by atoms with Crippen LogP contribution >= 0.6 is 495 Å². The molecule has 32 unspecified atom stereocenters. The van der Waals surface area contributed by atoms with Gasteiger partial charge < -0.3 is 0 Å². The van der Waals surface area contributed by atoms with Crippen LogP contribution in [0.25, 0.3) is 0 Å². The average molecular weight is 1980 g/mol. The lowest BCUT2D eigenvalue weighted by Gasteiger charge is -2.60. The molecule has 0 aromatic rings. The second-order valence-corrected chi connectivity index (χ2v) is 266. The van der Waals surface area contributed by atoms with Crippen LogP contribution < -0.4 is 0 Å². The molecule has 0 aromatic carbocycles. The van der Waals surface area contributed by atoms with Crippen molar-refractivity contribution in [1.82, 2.24) is 0 Å². The first-order chi connectivity index (χ1) is 28.1. The van der Waals surface area contributed by atoms with Gasteiger partial charge in [0.15, 0.2) is 0 Å². The quantitative estimate of drug-likeness (QED) is 0.0655. The zero-order chi connectivity index (χ0) is 49.3. The lowest BCUT2D eigenvalue weighted by Crippen LogP contribution is -1.73. The van der Waals surface area contributed by atoms with Crippen LogP contribution in [0.3, 0.4) is 0 Å². The van der Waals surface area contributed by atoms with Gasteiger partial charge >= 0.3 is 0 Å². The van der Waals surface area contributed by atoms with E-state index >= 15 is 0 Å². The normalized spacial score (nSPS) is 14.6. The van der Waals surface area contributed by atoms with E-state index in [1.807, 2.05) is 0 Å². The number of hydrogen-bond acceptors (Lipinski definition) is 0. The largest absolute Gasteiger partial charge is 0.102 e. The van der Waals surface area contributed by atoms with Gasteiger partial charge in [0.1, 0.15) is 0 Å². The van der Waals surface area contributed by atoms with Crippen LogP contribution in [0.15, 0.2) is 0 Å². The number of rotatable bonds is 29. The average Bonchev–Trinajstić information content (AvgIpc) is 3.03. The van der Waals surface area contributed by atoms with Crippen molar-refractivity contribution in [3.63, 3.8) is 0 Å². The van der Waals surface area contributed by atoms with Gasteiger partial charge in [-0.25, -0.2) is 0 Å². The van der Waals surface area contributed by atoms with E-state index in [0.717, 1.165) is 0 Å². The van der Waals surface area contributed by atoms with E-state index in [1.165, 1.54) is 0 Å². The monoisotopic (exact) mass is 1980 g/mol. The smallest absolute Gasteiger partial charge is 0.0000107 e. The van der Waals surface area contributed by atoms with E-state index in [4.69, 9.17) is 0 Å². The lowest BCUT2D eigenvalue weighted by molar-refractivity contribution is 4.33. The fourth-order valence-corrected chi connectivity index (χ4v) is 904. The van der Waals surface area contributed by atoms with Crippen molar-refractivity contribution >= 4 is 495 Å². The molecule has 0 heterocycles. The molecule has 0 spiro atoms. The Morgan fingerprint density at radius 2 is 0.129 bits per heavy atom. The van der Waals surface area contributed by atoms with Crippen LogP contribution in [0.1, 0.15) is 0 Å². The van der Waals surface area contributed by atoms with Crippen LogP contribution in [-0.4, -0.2) is 0 Å². The van der Waals surface area contributed by atoms with Gasteiger partial charge in [0.2, 0.25) is 0 Å². The van der Waals surface area contributed by atoms with Crippen LogP contribution in [0.4, 0.5) is 0 Å². The minimum atomic E-state index is -0.292. The van der Waals surface area contributed by atoms with Crippen LogP contribution in [-0.2, 0) is 0 Å². The summed E-state index contributed by atoms with van der Waals surface area (Å²) < 4.78 is 0. The standard InChI is InChI=1S/H64P62/c1-33(2)49(34(3)4)57(50(35(5)6)36(7)8)61(58(51(37(9)10)38(11)12)52(39(13)14)40(15)16)62(59(53(41(17)18)42(19)20)54(43(21)22)44(23)24)60(55(45(25)26)46(27)28)56(47(29)30)48(31)32/h1-32H2. The van der Waals surface area contributed by atoms with Gasteiger partial charge in [-0.3, -0.25) is 0 Å². The number of hydrogen-bond donors (Lipinski definition) is 0. The van der Waals surface area contributed by atoms with Gasteiger partial charge in [-0.1, -0.05) is 0 Å². The molecular formula is H64P62. The first-order valence-electron chi connectivity index (χ1n) is 14.1. The molecule has 0 bridgehead atoms. The van der Waals surface area contributed by atoms with Crippen LogP contribution in [0.2, 0.25) is 0 Å². The predicted molar refractivity (Wildman–Crippen MR) is 518 cm³/mol. The van der Waals surface area contributed by atoms with E-state index in [1.54, 1.807) is 0 Å². The van der Waals surface area contributed by atoms with Crippen molar-refractivity contribution in [1.29, 1.82) is 0 Å². The third-order valence-corrected chi connectivity index (χ3v) is 436. The Labute approximate surface area is 488 Å². The third kappa shape index (κ3) is 31.2. The molecule has 374 valence electrons. The summed E-state index contributed by atoms with van der Waals surface area (Å²) in [5, 5.41) is 0. The molecule has 0 aliphatic carbocycles. The molecule has 0 aromatic heterocycles. The molecule has 62 heteroatoms. The lowest BCUT2D eigenvalue weighted by atomic mass is 28.4. The Morgan fingerprint density at radius 1 is 0.0806 bits per heavy atom. The molecule has 0 rings (SSSR count).